The first-order valence-corrected chi connectivity index (χ1v) is 7.15. The third-order valence-corrected chi connectivity index (χ3v) is 4.82. The normalized spacial score (nSPS) is 33.6. The lowest BCUT2D eigenvalue weighted by Crippen LogP contribution is -2.43. The predicted octanol–water partition coefficient (Wildman–Crippen LogP) is 4.02. The van der Waals surface area contributed by atoms with Crippen molar-refractivity contribution in [1.82, 2.24) is 0 Å². The average Bonchev–Trinajstić information content (AvgIpc) is 2.42. The minimum absolute atomic E-state index is 0.00449. The first kappa shape index (κ1) is 14.9. The van der Waals surface area contributed by atoms with Crippen molar-refractivity contribution < 1.29 is 10.2 Å². The van der Waals surface area contributed by atoms with Crippen LogP contribution in [-0.4, -0.2) is 16.3 Å². The van der Waals surface area contributed by atoms with Gasteiger partial charge in [-0.05, 0) is 43.4 Å². The molecule has 0 aromatic heterocycles. The lowest BCUT2D eigenvalue weighted by Gasteiger charge is -2.46. The van der Waals surface area contributed by atoms with Gasteiger partial charge in [0.05, 0.1) is 6.10 Å². The number of hydrogen-bond acceptors (Lipinski definition) is 2. The van der Waals surface area contributed by atoms with Crippen molar-refractivity contribution in [2.75, 3.05) is 0 Å². The van der Waals surface area contributed by atoms with Crippen LogP contribution in [0.4, 0.5) is 0 Å². The van der Waals surface area contributed by atoms with Crippen LogP contribution in [0.5, 0.6) is 5.75 Å². The third kappa shape index (κ3) is 2.53. The first-order chi connectivity index (χ1) is 9.39. The highest BCUT2D eigenvalue weighted by atomic mass is 16.3. The Bertz CT molecular complexity index is 503. The van der Waals surface area contributed by atoms with Crippen LogP contribution in [0.15, 0.2) is 49.1 Å². The summed E-state index contributed by atoms with van der Waals surface area (Å²) in [5.41, 5.74) is 1.89. The van der Waals surface area contributed by atoms with Gasteiger partial charge in [-0.15, -0.1) is 6.58 Å². The maximum atomic E-state index is 10.9. The van der Waals surface area contributed by atoms with Gasteiger partial charge in [0, 0.05) is 11.3 Å². The number of phenolic OH excluding ortho intramolecular Hbond substituents is 1. The van der Waals surface area contributed by atoms with E-state index in [1.165, 1.54) is 0 Å². The van der Waals surface area contributed by atoms with Crippen molar-refractivity contribution in [2.45, 2.75) is 38.7 Å². The lowest BCUT2D eigenvalue weighted by atomic mass is 9.61. The fraction of sp³-hybridized carbons (Fsp3) is 0.444. The maximum absolute atomic E-state index is 10.9. The molecule has 0 bridgehead atoms. The summed E-state index contributed by atoms with van der Waals surface area (Å²) in [4.78, 5) is 0. The molecule has 1 fully saturated rings. The zero-order chi connectivity index (χ0) is 14.9. The summed E-state index contributed by atoms with van der Waals surface area (Å²) < 4.78 is 0. The second kappa shape index (κ2) is 5.45. The second-order valence-electron chi connectivity index (χ2n) is 6.26. The van der Waals surface area contributed by atoms with Crippen LogP contribution >= 0.6 is 0 Å². The summed E-state index contributed by atoms with van der Waals surface area (Å²) in [5.74, 6) is 0.518. The van der Waals surface area contributed by atoms with E-state index in [1.54, 1.807) is 12.1 Å². The molecule has 0 heterocycles. The molecule has 108 valence electrons. The van der Waals surface area contributed by atoms with Crippen molar-refractivity contribution in [3.05, 3.63) is 54.6 Å². The predicted molar refractivity (Wildman–Crippen MR) is 82.7 cm³/mol. The molecule has 0 radical (unpaired) electrons. The zero-order valence-corrected chi connectivity index (χ0v) is 12.3. The number of hydrogen-bond donors (Lipinski definition) is 2. The van der Waals surface area contributed by atoms with Crippen LogP contribution < -0.4 is 0 Å². The Morgan fingerprint density at radius 1 is 1.35 bits per heavy atom. The molecule has 1 aliphatic carbocycles. The molecule has 0 amide bonds. The van der Waals surface area contributed by atoms with E-state index in [4.69, 9.17) is 0 Å². The molecule has 0 aliphatic heterocycles. The molecule has 1 saturated carbocycles. The number of aromatic hydroxyl groups is 1. The van der Waals surface area contributed by atoms with Crippen LogP contribution in [0, 0.1) is 11.3 Å². The van der Waals surface area contributed by atoms with E-state index in [0.29, 0.717) is 0 Å². The van der Waals surface area contributed by atoms with Gasteiger partial charge < -0.3 is 10.2 Å². The lowest BCUT2D eigenvalue weighted by molar-refractivity contribution is -0.00432. The summed E-state index contributed by atoms with van der Waals surface area (Å²) >= 11 is 0. The van der Waals surface area contributed by atoms with Gasteiger partial charge in [0.1, 0.15) is 5.75 Å². The molecular weight excluding hydrogens is 248 g/mol. The van der Waals surface area contributed by atoms with Gasteiger partial charge in [-0.3, -0.25) is 0 Å². The number of allylic oxidation sites excluding steroid dienone is 1. The highest BCUT2D eigenvalue weighted by molar-refractivity contribution is 5.32. The van der Waals surface area contributed by atoms with Crippen LogP contribution in [0.2, 0.25) is 0 Å². The molecule has 4 atom stereocenters. The van der Waals surface area contributed by atoms with Gasteiger partial charge in [-0.2, -0.15) is 0 Å². The highest BCUT2D eigenvalue weighted by Crippen LogP contribution is 2.49. The molecule has 1 aromatic rings. The van der Waals surface area contributed by atoms with Crippen molar-refractivity contribution >= 4 is 0 Å². The largest absolute Gasteiger partial charge is 0.508 e. The molecule has 4 unspecified atom stereocenters. The fourth-order valence-electron chi connectivity index (χ4n) is 3.31. The van der Waals surface area contributed by atoms with Crippen LogP contribution in [0.1, 0.15) is 38.2 Å². The molecule has 2 rings (SSSR count). The quantitative estimate of drug-likeness (QED) is 0.816. The van der Waals surface area contributed by atoms with E-state index in [0.717, 1.165) is 24.0 Å². The first-order valence-electron chi connectivity index (χ1n) is 7.15. The summed E-state index contributed by atoms with van der Waals surface area (Å²) in [7, 11) is 0. The standard InChI is InChI=1S/C18H24O2/c1-5-18(4)11-10-15(12(2)3)16(17(18)20)13-6-8-14(19)9-7-13/h5-9,15-17,19-20H,1-2,10-11H2,3-4H3. The smallest absolute Gasteiger partial charge is 0.115 e. The Hall–Kier alpha value is -1.54. The van der Waals surface area contributed by atoms with Gasteiger partial charge in [-0.25, -0.2) is 0 Å². The van der Waals surface area contributed by atoms with Crippen LogP contribution in [0.3, 0.4) is 0 Å². The average molecular weight is 272 g/mol. The van der Waals surface area contributed by atoms with E-state index in [9.17, 15) is 10.2 Å². The molecule has 2 N–H and O–H groups in total. The van der Waals surface area contributed by atoms with Crippen molar-refractivity contribution in [2.24, 2.45) is 11.3 Å². The Kier molecular flexibility index (Phi) is 4.05. The van der Waals surface area contributed by atoms with E-state index in [2.05, 4.69) is 20.1 Å². The highest BCUT2D eigenvalue weighted by Gasteiger charge is 2.44. The van der Waals surface area contributed by atoms with Gasteiger partial charge >= 0.3 is 0 Å². The molecule has 1 aromatic carbocycles. The second-order valence-corrected chi connectivity index (χ2v) is 6.26. The monoisotopic (exact) mass is 272 g/mol. The van der Waals surface area contributed by atoms with Gasteiger partial charge in [0.15, 0.2) is 0 Å². The van der Waals surface area contributed by atoms with E-state index in [1.807, 2.05) is 25.1 Å². The van der Waals surface area contributed by atoms with Crippen molar-refractivity contribution in [1.29, 1.82) is 0 Å². The molecule has 2 heteroatoms. The molecule has 0 saturated heterocycles. The van der Waals surface area contributed by atoms with Crippen LogP contribution in [-0.2, 0) is 0 Å². The third-order valence-electron chi connectivity index (χ3n) is 4.82. The molecule has 0 spiro atoms. The van der Waals surface area contributed by atoms with Crippen molar-refractivity contribution in [3.8, 4) is 5.75 Å². The van der Waals surface area contributed by atoms with Gasteiger partial charge in [-0.1, -0.05) is 37.3 Å². The number of benzene rings is 1. The zero-order valence-electron chi connectivity index (χ0n) is 12.3. The Morgan fingerprint density at radius 2 is 1.95 bits per heavy atom. The van der Waals surface area contributed by atoms with E-state index in [-0.39, 0.29) is 23.0 Å². The minimum atomic E-state index is -0.486. The number of rotatable bonds is 3. The molecule has 20 heavy (non-hydrogen) atoms. The number of aliphatic hydroxyl groups is 1. The molecule has 1 aliphatic rings. The molecular formula is C18H24O2. The topological polar surface area (TPSA) is 40.5 Å². The number of phenols is 1. The van der Waals surface area contributed by atoms with Crippen molar-refractivity contribution in [3.63, 3.8) is 0 Å². The Balaban J connectivity index is 2.43. The SMILES string of the molecule is C=CC1(C)CCC(C(=C)C)C(c2ccc(O)cc2)C1O. The van der Waals surface area contributed by atoms with Crippen LogP contribution in [0.25, 0.3) is 0 Å². The Labute approximate surface area is 121 Å². The molecule has 2 nitrogen and oxygen atoms in total. The summed E-state index contributed by atoms with van der Waals surface area (Å²) in [5, 5.41) is 20.3. The fourth-order valence-corrected chi connectivity index (χ4v) is 3.31. The summed E-state index contributed by atoms with van der Waals surface area (Å²) in [6.07, 6.45) is 3.31. The Morgan fingerprint density at radius 3 is 2.45 bits per heavy atom. The summed E-state index contributed by atoms with van der Waals surface area (Å²) in [6, 6.07) is 7.15. The van der Waals surface area contributed by atoms with E-state index >= 15 is 0 Å². The van der Waals surface area contributed by atoms with Gasteiger partial charge in [0.25, 0.3) is 0 Å². The minimum Gasteiger partial charge on any atom is -0.508 e. The van der Waals surface area contributed by atoms with Gasteiger partial charge in [0.2, 0.25) is 0 Å². The summed E-state index contributed by atoms with van der Waals surface area (Å²) in [6.45, 7) is 12.1. The number of aliphatic hydroxyl groups excluding tert-OH is 1. The van der Waals surface area contributed by atoms with E-state index < -0.39 is 6.10 Å². The maximum Gasteiger partial charge on any atom is 0.115 e.